The monoisotopic (exact) mass is 374 g/mol. The molecule has 0 radical (unpaired) electrons. The van der Waals surface area contributed by atoms with E-state index in [1.807, 2.05) is 12.1 Å². The highest BCUT2D eigenvalue weighted by molar-refractivity contribution is 6.14. The third kappa shape index (κ3) is 1.77. The van der Waals surface area contributed by atoms with E-state index >= 15 is 0 Å². The summed E-state index contributed by atoms with van der Waals surface area (Å²) < 4.78 is 9.64. The lowest BCUT2D eigenvalue weighted by Gasteiger charge is -2.13. The van der Waals surface area contributed by atoms with Crippen LogP contribution in [0, 0.1) is 27.7 Å². The lowest BCUT2D eigenvalue weighted by Crippen LogP contribution is -1.99. The van der Waals surface area contributed by atoms with Crippen molar-refractivity contribution < 1.29 is 8.83 Å². The quantitative estimate of drug-likeness (QED) is 0.387. The first-order chi connectivity index (χ1) is 13.2. The summed E-state index contributed by atoms with van der Waals surface area (Å²) in [5.41, 5.74) is 0.0673. The molecular weight excluding hydrogens is 360 g/mol. The molecule has 0 saturated carbocycles. The standard InChI is InChI=1S/C22H14O6/c1-7-11-5-13-9(3)17-18(22(26)28-21(17)25)10(4)14(13)6-12(11)8(2)16-15(7)19(23)27-20(16)24/h5-6H,1-4H3. The van der Waals surface area contributed by atoms with Gasteiger partial charge in [-0.15, -0.1) is 0 Å². The summed E-state index contributed by atoms with van der Waals surface area (Å²) in [6, 6.07) is 3.81. The van der Waals surface area contributed by atoms with Crippen LogP contribution in [0.1, 0.15) is 22.3 Å². The summed E-state index contributed by atoms with van der Waals surface area (Å²) in [7, 11) is 0. The van der Waals surface area contributed by atoms with Crippen molar-refractivity contribution in [3.63, 3.8) is 0 Å². The van der Waals surface area contributed by atoms with Gasteiger partial charge < -0.3 is 8.83 Å². The average molecular weight is 374 g/mol. The fourth-order valence-corrected chi connectivity index (χ4v) is 4.52. The number of rotatable bonds is 0. The van der Waals surface area contributed by atoms with Gasteiger partial charge in [-0.05, 0) is 83.6 Å². The Bertz CT molecular complexity index is 1470. The zero-order chi connectivity index (χ0) is 20.1. The maximum absolute atomic E-state index is 12.2. The molecule has 5 rings (SSSR count). The lowest BCUT2D eigenvalue weighted by atomic mass is 9.89. The van der Waals surface area contributed by atoms with Crippen molar-refractivity contribution in [1.82, 2.24) is 0 Å². The zero-order valence-electron chi connectivity index (χ0n) is 15.6. The second-order valence-corrected chi connectivity index (χ2v) is 7.30. The Balaban J connectivity index is 2.16. The number of furan rings is 2. The maximum atomic E-state index is 12.2. The van der Waals surface area contributed by atoms with E-state index < -0.39 is 22.5 Å². The van der Waals surface area contributed by atoms with Crippen LogP contribution < -0.4 is 22.5 Å². The van der Waals surface area contributed by atoms with E-state index in [4.69, 9.17) is 8.83 Å². The summed E-state index contributed by atoms with van der Waals surface area (Å²) in [6.45, 7) is 7.11. The smallest absolute Gasteiger partial charge is 0.347 e. The molecule has 28 heavy (non-hydrogen) atoms. The molecule has 0 fully saturated rings. The lowest BCUT2D eigenvalue weighted by molar-refractivity contribution is 0.499. The molecule has 0 aliphatic carbocycles. The topological polar surface area (TPSA) is 94.6 Å². The van der Waals surface area contributed by atoms with Crippen LogP contribution in [0.4, 0.5) is 0 Å². The molecule has 0 amide bonds. The molecule has 6 heteroatoms. The number of fused-ring (bicyclic) bond motifs is 4. The maximum Gasteiger partial charge on any atom is 0.347 e. The van der Waals surface area contributed by atoms with Crippen LogP contribution in [0.2, 0.25) is 0 Å². The van der Waals surface area contributed by atoms with Crippen LogP contribution in [-0.2, 0) is 0 Å². The van der Waals surface area contributed by atoms with Crippen LogP contribution in [0.25, 0.3) is 43.1 Å². The Morgan fingerprint density at radius 2 is 0.679 bits per heavy atom. The van der Waals surface area contributed by atoms with Crippen LogP contribution in [0.15, 0.2) is 40.1 Å². The molecule has 138 valence electrons. The molecule has 2 heterocycles. The molecule has 0 spiro atoms. The Labute approximate surface area is 156 Å². The van der Waals surface area contributed by atoms with Crippen molar-refractivity contribution in [2.24, 2.45) is 0 Å². The summed E-state index contributed by atoms with van der Waals surface area (Å²) in [5, 5.41) is 4.37. The zero-order valence-corrected chi connectivity index (χ0v) is 15.6. The largest absolute Gasteiger partial charge is 0.386 e. The normalized spacial score (nSPS) is 12.1. The number of benzene rings is 3. The Morgan fingerprint density at radius 3 is 0.893 bits per heavy atom. The fraction of sp³-hybridized carbons (Fsp3) is 0.182. The molecule has 6 nitrogen and oxygen atoms in total. The molecule has 0 saturated heterocycles. The molecule has 3 aromatic carbocycles. The highest BCUT2D eigenvalue weighted by atomic mass is 16.4. The molecule has 0 aliphatic heterocycles. The second kappa shape index (κ2) is 5.04. The van der Waals surface area contributed by atoms with E-state index in [-0.39, 0.29) is 0 Å². The van der Waals surface area contributed by atoms with E-state index in [0.29, 0.717) is 43.8 Å². The average Bonchev–Trinajstić information content (AvgIpc) is 3.11. The first kappa shape index (κ1) is 16.6. The summed E-state index contributed by atoms with van der Waals surface area (Å²) >= 11 is 0. The summed E-state index contributed by atoms with van der Waals surface area (Å²) in [6.07, 6.45) is 0. The third-order valence-corrected chi connectivity index (χ3v) is 5.96. The van der Waals surface area contributed by atoms with Crippen LogP contribution in [0.5, 0.6) is 0 Å². The van der Waals surface area contributed by atoms with Gasteiger partial charge in [0.25, 0.3) is 0 Å². The highest BCUT2D eigenvalue weighted by Crippen LogP contribution is 2.36. The highest BCUT2D eigenvalue weighted by Gasteiger charge is 2.22. The van der Waals surface area contributed by atoms with Crippen molar-refractivity contribution in [2.45, 2.75) is 27.7 Å². The van der Waals surface area contributed by atoms with E-state index in [0.717, 1.165) is 21.5 Å². The van der Waals surface area contributed by atoms with Crippen molar-refractivity contribution in [3.05, 3.63) is 76.1 Å². The van der Waals surface area contributed by atoms with E-state index in [1.54, 1.807) is 27.7 Å². The minimum Gasteiger partial charge on any atom is -0.386 e. The van der Waals surface area contributed by atoms with Gasteiger partial charge in [-0.1, -0.05) is 0 Å². The minimum absolute atomic E-state index is 0.291. The first-order valence-corrected chi connectivity index (χ1v) is 8.79. The van der Waals surface area contributed by atoms with Gasteiger partial charge in [0.05, 0.1) is 21.5 Å². The first-order valence-electron chi connectivity index (χ1n) is 8.79. The Hall–Kier alpha value is -3.54. The predicted octanol–water partition coefficient (Wildman–Crippen LogP) is 3.04. The van der Waals surface area contributed by atoms with E-state index in [2.05, 4.69) is 0 Å². The Morgan fingerprint density at radius 1 is 0.464 bits per heavy atom. The molecule has 0 unspecified atom stereocenters. The van der Waals surface area contributed by atoms with Gasteiger partial charge in [0, 0.05) is 0 Å². The molecule has 0 N–H and O–H groups in total. The molecule has 0 atom stereocenters. The van der Waals surface area contributed by atoms with E-state index in [1.165, 1.54) is 0 Å². The molecular formula is C22H14O6. The SMILES string of the molecule is Cc1c2cc3c(C)c4c(=O)oc(=O)c4c(C)c3cc2c(C)c2c(=O)oc(=O)c12. The second-order valence-electron chi connectivity index (χ2n) is 7.30. The minimum atomic E-state index is -0.640. The molecule has 0 aliphatic rings. The van der Waals surface area contributed by atoms with Crippen molar-refractivity contribution in [2.75, 3.05) is 0 Å². The van der Waals surface area contributed by atoms with Crippen LogP contribution in [0.3, 0.4) is 0 Å². The summed E-state index contributed by atoms with van der Waals surface area (Å²) in [5.74, 6) is 0. The van der Waals surface area contributed by atoms with Crippen LogP contribution >= 0.6 is 0 Å². The van der Waals surface area contributed by atoms with Gasteiger partial charge in [0.15, 0.2) is 0 Å². The number of hydrogen-bond acceptors (Lipinski definition) is 6. The van der Waals surface area contributed by atoms with E-state index in [9.17, 15) is 19.2 Å². The molecule has 5 aromatic rings. The number of aryl methyl sites for hydroxylation is 4. The molecule has 0 bridgehead atoms. The van der Waals surface area contributed by atoms with Gasteiger partial charge in [0.2, 0.25) is 0 Å². The third-order valence-electron chi connectivity index (χ3n) is 5.96. The predicted molar refractivity (Wildman–Crippen MR) is 107 cm³/mol. The van der Waals surface area contributed by atoms with Gasteiger partial charge in [-0.25, -0.2) is 19.2 Å². The van der Waals surface area contributed by atoms with Gasteiger partial charge >= 0.3 is 22.5 Å². The Kier molecular flexibility index (Phi) is 2.99. The van der Waals surface area contributed by atoms with Gasteiger partial charge in [0.1, 0.15) is 0 Å². The van der Waals surface area contributed by atoms with Crippen molar-refractivity contribution >= 4 is 43.1 Å². The molecule has 2 aromatic heterocycles. The number of hydrogen-bond donors (Lipinski definition) is 0. The van der Waals surface area contributed by atoms with Gasteiger partial charge in [-0.2, -0.15) is 0 Å². The van der Waals surface area contributed by atoms with Crippen molar-refractivity contribution in [3.8, 4) is 0 Å². The van der Waals surface area contributed by atoms with Crippen LogP contribution in [-0.4, -0.2) is 0 Å². The van der Waals surface area contributed by atoms with Gasteiger partial charge in [-0.3, -0.25) is 0 Å². The summed E-state index contributed by atoms with van der Waals surface area (Å²) in [4.78, 5) is 48.7. The fourth-order valence-electron chi connectivity index (χ4n) is 4.52. The van der Waals surface area contributed by atoms with Crippen molar-refractivity contribution in [1.29, 1.82) is 0 Å².